The van der Waals surface area contributed by atoms with Crippen molar-refractivity contribution in [3.8, 4) is 0 Å². The molecule has 1 heterocycles. The molecule has 0 fully saturated rings. The van der Waals surface area contributed by atoms with Gasteiger partial charge in [0.25, 0.3) is 0 Å². The van der Waals surface area contributed by atoms with E-state index in [-0.39, 0.29) is 18.6 Å². The lowest BCUT2D eigenvalue weighted by Crippen LogP contribution is -2.26. The van der Waals surface area contributed by atoms with Gasteiger partial charge >= 0.3 is 0 Å². The Hall–Kier alpha value is -1.40. The fraction of sp³-hybridized carbons (Fsp3) is 0.667. The minimum atomic E-state index is -0.0979. The Kier molecular flexibility index (Phi) is 5.80. The van der Waals surface area contributed by atoms with Gasteiger partial charge in [-0.3, -0.25) is 0 Å². The fourth-order valence-corrected chi connectivity index (χ4v) is 1.50. The molecule has 0 aliphatic rings. The van der Waals surface area contributed by atoms with Gasteiger partial charge in [-0.05, 0) is 6.42 Å². The van der Waals surface area contributed by atoms with E-state index in [4.69, 9.17) is 10.5 Å². The summed E-state index contributed by atoms with van der Waals surface area (Å²) >= 11 is 0. The van der Waals surface area contributed by atoms with Crippen molar-refractivity contribution in [3.63, 3.8) is 0 Å². The molecule has 0 radical (unpaired) electrons. The van der Waals surface area contributed by atoms with Gasteiger partial charge in [-0.15, -0.1) is 0 Å². The number of anilines is 2. The van der Waals surface area contributed by atoms with Crippen molar-refractivity contribution < 1.29 is 9.84 Å². The van der Waals surface area contributed by atoms with Gasteiger partial charge < -0.3 is 20.9 Å². The zero-order valence-corrected chi connectivity index (χ0v) is 11.2. The molecular weight excluding hydrogens is 232 g/mol. The van der Waals surface area contributed by atoms with Crippen LogP contribution in [0.4, 0.5) is 11.6 Å². The lowest BCUT2D eigenvalue weighted by molar-refractivity contribution is 0.174. The van der Waals surface area contributed by atoms with E-state index < -0.39 is 0 Å². The normalized spacial score (nSPS) is 12.7. The van der Waals surface area contributed by atoms with Gasteiger partial charge in [0.2, 0.25) is 0 Å². The van der Waals surface area contributed by atoms with E-state index in [9.17, 15) is 5.11 Å². The standard InChI is InChI=1S/C12H22N4O2/c1-8(2)12-15-10(13)6-11(16-12)14-9(7-17)4-5-18-3/h6,8-9,17H,4-5,7H2,1-3H3,(H3,13,14,15,16). The Bertz CT molecular complexity index is 371. The second-order valence-electron chi connectivity index (χ2n) is 4.50. The molecule has 0 aromatic carbocycles. The van der Waals surface area contributed by atoms with Crippen LogP contribution in [0.3, 0.4) is 0 Å². The summed E-state index contributed by atoms with van der Waals surface area (Å²) in [6.07, 6.45) is 0.702. The molecule has 0 bridgehead atoms. The number of hydrogen-bond acceptors (Lipinski definition) is 6. The third-order valence-electron chi connectivity index (χ3n) is 2.52. The van der Waals surface area contributed by atoms with Crippen molar-refractivity contribution in [1.29, 1.82) is 0 Å². The number of nitrogen functional groups attached to an aromatic ring is 1. The van der Waals surface area contributed by atoms with Crippen molar-refractivity contribution in [1.82, 2.24) is 9.97 Å². The largest absolute Gasteiger partial charge is 0.394 e. The van der Waals surface area contributed by atoms with Crippen LogP contribution < -0.4 is 11.1 Å². The van der Waals surface area contributed by atoms with E-state index in [0.29, 0.717) is 30.5 Å². The molecule has 1 aromatic rings. The number of nitrogens with one attached hydrogen (secondary N) is 1. The molecule has 1 atom stereocenters. The predicted octanol–water partition coefficient (Wildman–Crippen LogP) is 0.991. The number of rotatable bonds is 7. The summed E-state index contributed by atoms with van der Waals surface area (Å²) in [6.45, 7) is 4.61. The number of nitrogens with zero attached hydrogens (tertiary/aromatic N) is 2. The van der Waals surface area contributed by atoms with Gasteiger partial charge in [0, 0.05) is 25.7 Å². The average molecular weight is 254 g/mol. The molecule has 0 saturated heterocycles. The number of ether oxygens (including phenoxy) is 1. The topological polar surface area (TPSA) is 93.3 Å². The van der Waals surface area contributed by atoms with E-state index in [1.54, 1.807) is 13.2 Å². The highest BCUT2D eigenvalue weighted by molar-refractivity contribution is 5.45. The van der Waals surface area contributed by atoms with Gasteiger partial charge in [-0.2, -0.15) is 0 Å². The third-order valence-corrected chi connectivity index (χ3v) is 2.52. The molecule has 0 spiro atoms. The smallest absolute Gasteiger partial charge is 0.135 e. The molecule has 0 saturated carbocycles. The first-order valence-electron chi connectivity index (χ1n) is 6.07. The number of aromatic nitrogens is 2. The second kappa shape index (κ2) is 7.13. The van der Waals surface area contributed by atoms with Crippen LogP contribution in [0.2, 0.25) is 0 Å². The fourth-order valence-electron chi connectivity index (χ4n) is 1.50. The van der Waals surface area contributed by atoms with Crippen LogP contribution in [0, 0.1) is 0 Å². The Morgan fingerprint density at radius 2 is 2.17 bits per heavy atom. The average Bonchev–Trinajstić information content (AvgIpc) is 2.33. The maximum Gasteiger partial charge on any atom is 0.135 e. The molecule has 18 heavy (non-hydrogen) atoms. The highest BCUT2D eigenvalue weighted by Gasteiger charge is 2.11. The monoisotopic (exact) mass is 254 g/mol. The van der Waals surface area contributed by atoms with Crippen molar-refractivity contribution >= 4 is 11.6 Å². The molecule has 1 unspecified atom stereocenters. The molecule has 6 heteroatoms. The maximum absolute atomic E-state index is 9.27. The van der Waals surface area contributed by atoms with Crippen molar-refractivity contribution in [2.24, 2.45) is 0 Å². The van der Waals surface area contributed by atoms with Crippen LogP contribution in [-0.4, -0.2) is 41.4 Å². The van der Waals surface area contributed by atoms with Crippen molar-refractivity contribution in [3.05, 3.63) is 11.9 Å². The summed E-state index contributed by atoms with van der Waals surface area (Å²) in [5, 5.41) is 12.4. The molecule has 4 N–H and O–H groups in total. The Balaban J connectivity index is 2.75. The number of nitrogens with two attached hydrogens (primary N) is 1. The Morgan fingerprint density at radius 3 is 2.72 bits per heavy atom. The summed E-state index contributed by atoms with van der Waals surface area (Å²) < 4.78 is 4.99. The lowest BCUT2D eigenvalue weighted by Gasteiger charge is -2.17. The van der Waals surface area contributed by atoms with Gasteiger partial charge in [-0.25, -0.2) is 9.97 Å². The van der Waals surface area contributed by atoms with Crippen LogP contribution in [-0.2, 0) is 4.74 Å². The Labute approximate surface area is 108 Å². The second-order valence-corrected chi connectivity index (χ2v) is 4.50. The zero-order chi connectivity index (χ0) is 13.5. The highest BCUT2D eigenvalue weighted by Crippen LogP contribution is 2.16. The van der Waals surface area contributed by atoms with Gasteiger partial charge in [0.15, 0.2) is 0 Å². The minimum absolute atomic E-state index is 0.0181. The SMILES string of the molecule is COCCC(CO)Nc1cc(N)nc(C(C)C)n1. The molecule has 1 aromatic heterocycles. The molecule has 1 rings (SSSR count). The van der Waals surface area contributed by atoms with Crippen LogP contribution in [0.15, 0.2) is 6.07 Å². The maximum atomic E-state index is 9.27. The molecule has 0 aliphatic heterocycles. The van der Waals surface area contributed by atoms with E-state index in [0.717, 1.165) is 0 Å². The number of aliphatic hydroxyl groups excluding tert-OH is 1. The number of hydrogen-bond donors (Lipinski definition) is 3. The van der Waals surface area contributed by atoms with Gasteiger partial charge in [0.05, 0.1) is 12.6 Å². The highest BCUT2D eigenvalue weighted by atomic mass is 16.5. The quantitative estimate of drug-likeness (QED) is 0.672. The lowest BCUT2D eigenvalue weighted by atomic mass is 10.2. The van der Waals surface area contributed by atoms with Crippen LogP contribution >= 0.6 is 0 Å². The van der Waals surface area contributed by atoms with E-state index in [1.807, 2.05) is 13.8 Å². The van der Waals surface area contributed by atoms with Crippen LogP contribution in [0.25, 0.3) is 0 Å². The number of aliphatic hydroxyl groups is 1. The van der Waals surface area contributed by atoms with E-state index in [2.05, 4.69) is 15.3 Å². The third kappa shape index (κ3) is 4.46. The summed E-state index contributed by atoms with van der Waals surface area (Å²) in [5.41, 5.74) is 5.74. The first-order chi connectivity index (χ1) is 8.56. The van der Waals surface area contributed by atoms with E-state index >= 15 is 0 Å². The van der Waals surface area contributed by atoms with Gasteiger partial charge in [0.1, 0.15) is 17.5 Å². The molecule has 102 valence electrons. The van der Waals surface area contributed by atoms with Gasteiger partial charge in [-0.1, -0.05) is 13.8 Å². The molecular formula is C12H22N4O2. The Morgan fingerprint density at radius 1 is 1.44 bits per heavy atom. The zero-order valence-electron chi connectivity index (χ0n) is 11.2. The van der Waals surface area contributed by atoms with E-state index in [1.165, 1.54) is 0 Å². The van der Waals surface area contributed by atoms with Crippen LogP contribution in [0.5, 0.6) is 0 Å². The summed E-state index contributed by atoms with van der Waals surface area (Å²) in [5.74, 6) is 1.97. The molecule has 0 aliphatic carbocycles. The summed E-state index contributed by atoms with van der Waals surface area (Å²) in [7, 11) is 1.63. The van der Waals surface area contributed by atoms with Crippen molar-refractivity contribution in [2.45, 2.75) is 32.2 Å². The van der Waals surface area contributed by atoms with Crippen LogP contribution in [0.1, 0.15) is 32.0 Å². The predicted molar refractivity (Wildman–Crippen MR) is 71.5 cm³/mol. The number of methoxy groups -OCH3 is 1. The first-order valence-corrected chi connectivity index (χ1v) is 6.07. The van der Waals surface area contributed by atoms with Crippen molar-refractivity contribution in [2.75, 3.05) is 31.4 Å². The molecule has 0 amide bonds. The summed E-state index contributed by atoms with van der Waals surface area (Å²) in [6, 6.07) is 1.57. The first kappa shape index (κ1) is 14.7. The minimum Gasteiger partial charge on any atom is -0.394 e. The summed E-state index contributed by atoms with van der Waals surface area (Å²) in [4.78, 5) is 8.54. The molecule has 6 nitrogen and oxygen atoms in total.